The number of fused-ring (bicyclic) bond motifs is 1. The molecule has 0 radical (unpaired) electrons. The third-order valence-corrected chi connectivity index (χ3v) is 8.01. The molecule has 1 aromatic carbocycles. The van der Waals surface area contributed by atoms with Crippen LogP contribution in [-0.2, 0) is 16.9 Å². The molecule has 2 saturated heterocycles. The van der Waals surface area contributed by atoms with E-state index in [2.05, 4.69) is 4.98 Å². The Kier molecular flexibility index (Phi) is 6.02. The number of nitrogens with zero attached hydrogens (tertiary/aromatic N) is 5. The predicted octanol–water partition coefficient (Wildman–Crippen LogP) is 0.789. The van der Waals surface area contributed by atoms with Crippen molar-refractivity contribution in [2.75, 3.05) is 48.8 Å². The topological polar surface area (TPSA) is 129 Å². The van der Waals surface area contributed by atoms with Gasteiger partial charge < -0.3 is 24.6 Å². The molecule has 0 spiro atoms. The number of benzene rings is 1. The molecule has 5 rings (SSSR count). The Morgan fingerprint density at radius 3 is 2.54 bits per heavy atom. The average molecular weight is 500 g/mol. The van der Waals surface area contributed by atoms with E-state index in [4.69, 9.17) is 4.98 Å². The van der Waals surface area contributed by atoms with Crippen LogP contribution in [0.4, 0.5) is 11.5 Å². The number of anilines is 2. The number of hydrogen-bond acceptors (Lipinski definition) is 9. The van der Waals surface area contributed by atoms with Gasteiger partial charge in [-0.1, -0.05) is 6.07 Å². The van der Waals surface area contributed by atoms with Gasteiger partial charge in [0.05, 0.1) is 34.2 Å². The standard InChI is InChI=1S/C24H29N5O5S/c1-27-14-25-19-10-18(26-23(22(19)24(27)32)29-7-5-15(11-29)13-30)16-3-4-20(21(9-16)35(2,33)34)28-8-6-17(31)12-28/h3-4,9-10,14-15,17,30-31H,5-8,11-13H2,1-2H3. The van der Waals surface area contributed by atoms with E-state index in [1.165, 1.54) is 17.2 Å². The van der Waals surface area contributed by atoms with E-state index < -0.39 is 15.9 Å². The molecule has 2 aliphatic heterocycles. The van der Waals surface area contributed by atoms with Gasteiger partial charge in [0.2, 0.25) is 0 Å². The highest BCUT2D eigenvalue weighted by molar-refractivity contribution is 7.90. The van der Waals surface area contributed by atoms with Gasteiger partial charge in [-0.3, -0.25) is 4.79 Å². The number of aryl methyl sites for hydroxylation is 1. The van der Waals surface area contributed by atoms with Crippen LogP contribution < -0.4 is 15.4 Å². The first-order valence-corrected chi connectivity index (χ1v) is 13.5. The summed E-state index contributed by atoms with van der Waals surface area (Å²) < 4.78 is 26.8. The highest BCUT2D eigenvalue weighted by Crippen LogP contribution is 2.35. The predicted molar refractivity (Wildman–Crippen MR) is 134 cm³/mol. The van der Waals surface area contributed by atoms with E-state index in [0.29, 0.717) is 66.3 Å². The van der Waals surface area contributed by atoms with Crippen molar-refractivity contribution in [1.82, 2.24) is 14.5 Å². The Bertz CT molecular complexity index is 1450. The molecule has 2 N–H and O–H groups in total. The Morgan fingerprint density at radius 1 is 1.11 bits per heavy atom. The zero-order valence-corrected chi connectivity index (χ0v) is 20.6. The smallest absolute Gasteiger partial charge is 0.264 e. The molecule has 0 aliphatic carbocycles. The van der Waals surface area contributed by atoms with Crippen molar-refractivity contribution in [2.24, 2.45) is 13.0 Å². The van der Waals surface area contributed by atoms with Crippen molar-refractivity contribution >= 4 is 32.2 Å². The number of aliphatic hydroxyl groups excluding tert-OH is 2. The molecule has 186 valence electrons. The molecule has 2 fully saturated rings. The summed E-state index contributed by atoms with van der Waals surface area (Å²) in [6.45, 7) is 2.25. The Morgan fingerprint density at radius 2 is 1.89 bits per heavy atom. The van der Waals surface area contributed by atoms with Gasteiger partial charge in [0.1, 0.15) is 11.2 Å². The molecule has 2 unspecified atom stereocenters. The zero-order chi connectivity index (χ0) is 24.9. The van der Waals surface area contributed by atoms with E-state index in [-0.39, 0.29) is 23.0 Å². The van der Waals surface area contributed by atoms with Crippen LogP contribution in [0.25, 0.3) is 22.2 Å². The van der Waals surface area contributed by atoms with Crippen LogP contribution in [-0.4, -0.2) is 78.3 Å². The van der Waals surface area contributed by atoms with Gasteiger partial charge in [-0.15, -0.1) is 0 Å². The lowest BCUT2D eigenvalue weighted by Crippen LogP contribution is -2.26. The van der Waals surface area contributed by atoms with Gasteiger partial charge in [-0.25, -0.2) is 18.4 Å². The molecule has 2 aliphatic rings. The van der Waals surface area contributed by atoms with Gasteiger partial charge in [0, 0.05) is 57.6 Å². The number of β-amino-alcohol motifs (C(OH)–C–C–N with tert-alkyl or cyclic N) is 1. The normalized spacial score (nSPS) is 20.8. The fraction of sp³-hybridized carbons (Fsp3) is 0.458. The van der Waals surface area contributed by atoms with Gasteiger partial charge in [-0.2, -0.15) is 0 Å². The molecule has 4 heterocycles. The van der Waals surface area contributed by atoms with E-state index >= 15 is 0 Å². The maximum absolute atomic E-state index is 13.0. The quantitative estimate of drug-likeness (QED) is 0.523. The lowest BCUT2D eigenvalue weighted by molar-refractivity contribution is 0.198. The first-order valence-electron chi connectivity index (χ1n) is 11.7. The third-order valence-electron chi connectivity index (χ3n) is 6.89. The number of aliphatic hydroxyl groups is 2. The summed E-state index contributed by atoms with van der Waals surface area (Å²) in [5, 5.41) is 20.0. The van der Waals surface area contributed by atoms with E-state index in [0.717, 1.165) is 6.42 Å². The number of hydrogen-bond donors (Lipinski definition) is 2. The summed E-state index contributed by atoms with van der Waals surface area (Å²) in [5.74, 6) is 0.595. The molecule has 35 heavy (non-hydrogen) atoms. The first kappa shape index (κ1) is 23.7. The van der Waals surface area contributed by atoms with Crippen LogP contribution >= 0.6 is 0 Å². The molecule has 2 atom stereocenters. The SMILES string of the molecule is Cn1cnc2cc(-c3ccc(N4CCC(O)C4)c(S(C)(=O)=O)c3)nc(N3CCC(CO)C3)c2c1=O. The van der Waals surface area contributed by atoms with Crippen molar-refractivity contribution in [3.63, 3.8) is 0 Å². The molecule has 0 bridgehead atoms. The second-order valence-electron chi connectivity index (χ2n) is 9.51. The minimum absolute atomic E-state index is 0.0642. The van der Waals surface area contributed by atoms with E-state index in [1.54, 1.807) is 25.2 Å². The molecule has 11 heteroatoms. The summed E-state index contributed by atoms with van der Waals surface area (Å²) in [7, 11) is -1.93. The lowest BCUT2D eigenvalue weighted by atomic mass is 10.1. The van der Waals surface area contributed by atoms with Crippen LogP contribution in [0.3, 0.4) is 0 Å². The van der Waals surface area contributed by atoms with Gasteiger partial charge in [-0.05, 0) is 31.0 Å². The zero-order valence-electron chi connectivity index (χ0n) is 19.8. The molecular weight excluding hydrogens is 470 g/mol. The maximum Gasteiger partial charge on any atom is 0.264 e. The lowest BCUT2D eigenvalue weighted by Gasteiger charge is -2.22. The number of aromatic nitrogens is 3. The fourth-order valence-electron chi connectivity index (χ4n) is 4.95. The second-order valence-corrected chi connectivity index (χ2v) is 11.5. The van der Waals surface area contributed by atoms with Crippen LogP contribution in [0.15, 0.2) is 40.3 Å². The molecule has 10 nitrogen and oxygen atoms in total. The van der Waals surface area contributed by atoms with Crippen LogP contribution in [0.2, 0.25) is 0 Å². The second kappa shape index (κ2) is 8.89. The summed E-state index contributed by atoms with van der Waals surface area (Å²) >= 11 is 0. The highest BCUT2D eigenvalue weighted by atomic mass is 32.2. The maximum atomic E-state index is 13.0. The Labute approximate surface area is 203 Å². The average Bonchev–Trinajstić information content (AvgIpc) is 3.49. The third kappa shape index (κ3) is 4.39. The first-order chi connectivity index (χ1) is 16.7. The monoisotopic (exact) mass is 499 g/mol. The summed E-state index contributed by atoms with van der Waals surface area (Å²) in [5.41, 5.74) is 1.94. The largest absolute Gasteiger partial charge is 0.396 e. The van der Waals surface area contributed by atoms with Crippen LogP contribution in [0, 0.1) is 5.92 Å². The molecule has 0 amide bonds. The number of sulfone groups is 1. The van der Waals surface area contributed by atoms with Crippen molar-refractivity contribution in [3.8, 4) is 11.3 Å². The van der Waals surface area contributed by atoms with E-state index in [9.17, 15) is 23.4 Å². The van der Waals surface area contributed by atoms with Crippen LogP contribution in [0.5, 0.6) is 0 Å². The highest BCUT2D eigenvalue weighted by Gasteiger charge is 2.28. The van der Waals surface area contributed by atoms with Crippen molar-refractivity contribution in [2.45, 2.75) is 23.8 Å². The van der Waals surface area contributed by atoms with Crippen LogP contribution in [0.1, 0.15) is 12.8 Å². The fourth-order valence-corrected chi connectivity index (χ4v) is 5.86. The molecule has 2 aromatic heterocycles. The number of pyridine rings is 1. The summed E-state index contributed by atoms with van der Waals surface area (Å²) in [6.07, 6.45) is 3.53. The van der Waals surface area contributed by atoms with Gasteiger partial charge in [0.25, 0.3) is 5.56 Å². The van der Waals surface area contributed by atoms with Gasteiger partial charge >= 0.3 is 0 Å². The van der Waals surface area contributed by atoms with Gasteiger partial charge in [0.15, 0.2) is 9.84 Å². The molecular formula is C24H29N5O5S. The minimum atomic E-state index is -3.57. The van der Waals surface area contributed by atoms with Crippen molar-refractivity contribution in [1.29, 1.82) is 0 Å². The minimum Gasteiger partial charge on any atom is -0.396 e. The molecule has 3 aromatic rings. The number of rotatable bonds is 5. The Hall–Kier alpha value is -3.02. The Balaban J connectivity index is 1.67. The summed E-state index contributed by atoms with van der Waals surface area (Å²) in [6, 6.07) is 6.88. The summed E-state index contributed by atoms with van der Waals surface area (Å²) in [4.78, 5) is 26.3. The molecule has 0 saturated carbocycles. The van der Waals surface area contributed by atoms with Crippen molar-refractivity contribution < 1.29 is 18.6 Å². The van der Waals surface area contributed by atoms with E-state index in [1.807, 2.05) is 15.9 Å². The van der Waals surface area contributed by atoms with Crippen molar-refractivity contribution in [3.05, 3.63) is 40.9 Å².